The first-order valence-corrected chi connectivity index (χ1v) is 7.72. The van der Waals surface area contributed by atoms with E-state index in [9.17, 15) is 4.79 Å². The molecular weight excluding hydrogens is 343 g/mol. The van der Waals surface area contributed by atoms with Gasteiger partial charge in [-0.2, -0.15) is 0 Å². The maximum absolute atomic E-state index is 12.1. The van der Waals surface area contributed by atoms with E-state index in [1.54, 1.807) is 18.2 Å². The molecule has 3 rings (SSSR count). The predicted octanol–water partition coefficient (Wildman–Crippen LogP) is 4.16. The molecule has 0 saturated carbocycles. The van der Waals surface area contributed by atoms with Crippen LogP contribution < -0.4 is 5.32 Å². The van der Waals surface area contributed by atoms with Gasteiger partial charge in [0.1, 0.15) is 5.15 Å². The SMILES string of the molecule is O=C(Nc1nnc(-c2ccccc2Cl)s1)c1cccnc1Cl. The lowest BCUT2D eigenvalue weighted by Crippen LogP contribution is -2.12. The molecule has 0 radical (unpaired) electrons. The molecule has 1 aromatic carbocycles. The molecule has 0 unspecified atom stereocenters. The standard InChI is InChI=1S/C14H8Cl2N4OS/c15-10-6-2-1-4-8(10)13-19-20-14(22-13)18-12(21)9-5-3-7-17-11(9)16/h1-7H,(H,18,20,21). The Hall–Kier alpha value is -2.02. The second kappa shape index (κ2) is 6.39. The number of nitrogens with zero attached hydrogens (tertiary/aromatic N) is 3. The Labute approximate surface area is 139 Å². The first-order chi connectivity index (χ1) is 10.6. The molecule has 0 atom stereocenters. The maximum atomic E-state index is 12.1. The normalized spacial score (nSPS) is 10.5. The lowest BCUT2D eigenvalue weighted by Gasteiger charge is -2.02. The number of carbonyl (C=O) groups is 1. The number of aromatic nitrogens is 3. The van der Waals surface area contributed by atoms with Crippen molar-refractivity contribution in [1.82, 2.24) is 15.2 Å². The van der Waals surface area contributed by atoms with E-state index in [2.05, 4.69) is 20.5 Å². The van der Waals surface area contributed by atoms with E-state index < -0.39 is 0 Å². The van der Waals surface area contributed by atoms with Gasteiger partial charge in [-0.1, -0.05) is 52.7 Å². The average molecular weight is 351 g/mol. The molecule has 0 bridgehead atoms. The lowest BCUT2D eigenvalue weighted by atomic mass is 10.2. The zero-order valence-electron chi connectivity index (χ0n) is 11.0. The molecule has 2 aromatic heterocycles. The van der Waals surface area contributed by atoms with Gasteiger partial charge in [0, 0.05) is 11.8 Å². The maximum Gasteiger partial charge on any atom is 0.260 e. The number of hydrogen-bond acceptors (Lipinski definition) is 5. The molecule has 5 nitrogen and oxygen atoms in total. The monoisotopic (exact) mass is 350 g/mol. The number of nitrogens with one attached hydrogen (secondary N) is 1. The van der Waals surface area contributed by atoms with E-state index >= 15 is 0 Å². The van der Waals surface area contributed by atoms with Crippen molar-refractivity contribution in [3.63, 3.8) is 0 Å². The minimum absolute atomic E-state index is 0.135. The summed E-state index contributed by atoms with van der Waals surface area (Å²) >= 11 is 13.2. The van der Waals surface area contributed by atoms with Gasteiger partial charge in [-0.05, 0) is 18.2 Å². The summed E-state index contributed by atoms with van der Waals surface area (Å²) < 4.78 is 0. The van der Waals surface area contributed by atoms with Crippen LogP contribution in [0.25, 0.3) is 10.6 Å². The van der Waals surface area contributed by atoms with Gasteiger partial charge in [0.2, 0.25) is 5.13 Å². The number of carbonyl (C=O) groups excluding carboxylic acids is 1. The van der Waals surface area contributed by atoms with E-state index in [4.69, 9.17) is 23.2 Å². The Bertz CT molecular complexity index is 837. The van der Waals surface area contributed by atoms with Crippen LogP contribution >= 0.6 is 34.5 Å². The van der Waals surface area contributed by atoms with Crippen molar-refractivity contribution in [3.05, 3.63) is 58.3 Å². The van der Waals surface area contributed by atoms with Crippen LogP contribution in [-0.2, 0) is 0 Å². The summed E-state index contributed by atoms with van der Waals surface area (Å²) in [6.07, 6.45) is 1.51. The van der Waals surface area contributed by atoms with Crippen LogP contribution in [0.3, 0.4) is 0 Å². The summed E-state index contributed by atoms with van der Waals surface area (Å²) in [7, 11) is 0. The molecule has 1 amide bonds. The highest BCUT2D eigenvalue weighted by atomic mass is 35.5. The molecule has 1 N–H and O–H groups in total. The molecule has 0 aliphatic carbocycles. The van der Waals surface area contributed by atoms with Crippen LogP contribution in [0.5, 0.6) is 0 Å². The fraction of sp³-hybridized carbons (Fsp3) is 0. The Morgan fingerprint density at radius 2 is 1.91 bits per heavy atom. The third-order valence-corrected chi connectivity index (χ3v) is 4.26. The van der Waals surface area contributed by atoms with Crippen LogP contribution in [-0.4, -0.2) is 21.1 Å². The molecular formula is C14H8Cl2N4OS. The van der Waals surface area contributed by atoms with Gasteiger partial charge >= 0.3 is 0 Å². The van der Waals surface area contributed by atoms with Crippen molar-refractivity contribution in [1.29, 1.82) is 0 Å². The minimum Gasteiger partial charge on any atom is -0.296 e. The summed E-state index contributed by atoms with van der Waals surface area (Å²) in [5, 5.41) is 12.3. The van der Waals surface area contributed by atoms with Gasteiger partial charge in [-0.15, -0.1) is 10.2 Å². The molecule has 0 fully saturated rings. The minimum atomic E-state index is -0.389. The number of halogens is 2. The number of pyridine rings is 1. The highest BCUT2D eigenvalue weighted by Crippen LogP contribution is 2.31. The quantitative estimate of drug-likeness (QED) is 0.720. The average Bonchev–Trinajstić information content (AvgIpc) is 2.96. The largest absolute Gasteiger partial charge is 0.296 e. The second-order valence-corrected chi connectivity index (χ2v) is 5.93. The lowest BCUT2D eigenvalue weighted by molar-refractivity contribution is 0.102. The van der Waals surface area contributed by atoms with Crippen molar-refractivity contribution < 1.29 is 4.79 Å². The van der Waals surface area contributed by atoms with Gasteiger partial charge in [-0.3, -0.25) is 10.1 Å². The molecule has 0 spiro atoms. The van der Waals surface area contributed by atoms with Crippen LogP contribution in [0.1, 0.15) is 10.4 Å². The fourth-order valence-corrected chi connectivity index (χ4v) is 3.00. The zero-order chi connectivity index (χ0) is 15.5. The number of rotatable bonds is 3. The highest BCUT2D eigenvalue weighted by molar-refractivity contribution is 7.18. The van der Waals surface area contributed by atoms with E-state index in [0.29, 0.717) is 15.2 Å². The Morgan fingerprint density at radius 1 is 1.09 bits per heavy atom. The molecule has 110 valence electrons. The molecule has 0 aliphatic heterocycles. The van der Waals surface area contributed by atoms with Gasteiger partial charge < -0.3 is 0 Å². The molecule has 3 aromatic rings. The van der Waals surface area contributed by atoms with Crippen molar-refractivity contribution in [2.45, 2.75) is 0 Å². The summed E-state index contributed by atoms with van der Waals surface area (Å²) in [5.41, 5.74) is 1.04. The number of amides is 1. The topological polar surface area (TPSA) is 67.8 Å². The summed E-state index contributed by atoms with van der Waals surface area (Å²) in [6, 6.07) is 10.5. The van der Waals surface area contributed by atoms with Crippen LogP contribution in [0.15, 0.2) is 42.6 Å². The first-order valence-electron chi connectivity index (χ1n) is 6.15. The van der Waals surface area contributed by atoms with Crippen molar-refractivity contribution in [2.75, 3.05) is 5.32 Å². The van der Waals surface area contributed by atoms with Gasteiger partial charge in [-0.25, -0.2) is 4.98 Å². The molecule has 0 saturated heterocycles. The molecule has 0 aliphatic rings. The van der Waals surface area contributed by atoms with Crippen molar-refractivity contribution >= 4 is 45.6 Å². The molecule has 22 heavy (non-hydrogen) atoms. The van der Waals surface area contributed by atoms with Gasteiger partial charge in [0.05, 0.1) is 10.6 Å². The molecule has 8 heteroatoms. The first kappa shape index (κ1) is 14.9. The zero-order valence-corrected chi connectivity index (χ0v) is 13.3. The molecule has 2 heterocycles. The van der Waals surface area contributed by atoms with E-state index in [-0.39, 0.29) is 16.6 Å². The Balaban J connectivity index is 1.82. The van der Waals surface area contributed by atoms with E-state index in [0.717, 1.165) is 5.56 Å². The van der Waals surface area contributed by atoms with Crippen LogP contribution in [0.4, 0.5) is 5.13 Å². The number of benzene rings is 1. The van der Waals surface area contributed by atoms with E-state index in [1.807, 2.05) is 18.2 Å². The fourth-order valence-electron chi connectivity index (χ4n) is 1.74. The van der Waals surface area contributed by atoms with Crippen molar-refractivity contribution in [2.24, 2.45) is 0 Å². The van der Waals surface area contributed by atoms with Gasteiger partial charge in [0.25, 0.3) is 5.91 Å². The summed E-state index contributed by atoms with van der Waals surface area (Å²) in [6.45, 7) is 0. The summed E-state index contributed by atoms with van der Waals surface area (Å²) in [4.78, 5) is 16.0. The van der Waals surface area contributed by atoms with Crippen molar-refractivity contribution in [3.8, 4) is 10.6 Å². The predicted molar refractivity (Wildman–Crippen MR) is 87.6 cm³/mol. The van der Waals surface area contributed by atoms with Crippen LogP contribution in [0, 0.1) is 0 Å². The third kappa shape index (κ3) is 3.09. The number of hydrogen-bond donors (Lipinski definition) is 1. The van der Waals surface area contributed by atoms with Gasteiger partial charge in [0.15, 0.2) is 5.01 Å². The Morgan fingerprint density at radius 3 is 2.68 bits per heavy atom. The highest BCUT2D eigenvalue weighted by Gasteiger charge is 2.15. The van der Waals surface area contributed by atoms with E-state index in [1.165, 1.54) is 17.5 Å². The number of anilines is 1. The third-order valence-electron chi connectivity index (χ3n) is 2.75. The Kier molecular flexibility index (Phi) is 4.33. The smallest absolute Gasteiger partial charge is 0.260 e. The van der Waals surface area contributed by atoms with Crippen LogP contribution in [0.2, 0.25) is 10.2 Å². The summed E-state index contributed by atoms with van der Waals surface area (Å²) in [5.74, 6) is -0.389. The second-order valence-electron chi connectivity index (χ2n) is 4.19.